The van der Waals surface area contributed by atoms with E-state index in [9.17, 15) is 0 Å². The molecule has 0 saturated heterocycles. The largest absolute Gasteiger partial charge is 0.496 e. The van der Waals surface area contributed by atoms with Crippen molar-refractivity contribution >= 4 is 0 Å². The molecule has 0 fully saturated rings. The van der Waals surface area contributed by atoms with Gasteiger partial charge < -0.3 is 19.5 Å². The van der Waals surface area contributed by atoms with Gasteiger partial charge in [-0.1, -0.05) is 17.7 Å². The Morgan fingerprint density at radius 2 is 1.95 bits per heavy atom. The van der Waals surface area contributed by atoms with E-state index < -0.39 is 0 Å². The van der Waals surface area contributed by atoms with Crippen LogP contribution >= 0.6 is 0 Å². The molecule has 0 spiro atoms. The summed E-state index contributed by atoms with van der Waals surface area (Å²) < 4.78 is 15.7. The summed E-state index contributed by atoms with van der Waals surface area (Å²) in [6, 6.07) is 6.23. The van der Waals surface area contributed by atoms with Crippen molar-refractivity contribution in [2.24, 2.45) is 0 Å². The van der Waals surface area contributed by atoms with E-state index in [-0.39, 0.29) is 0 Å². The molecule has 0 unspecified atom stereocenters. The van der Waals surface area contributed by atoms with Crippen LogP contribution in [-0.2, 0) is 16.0 Å². The van der Waals surface area contributed by atoms with Gasteiger partial charge in [0.2, 0.25) is 0 Å². The van der Waals surface area contributed by atoms with Crippen LogP contribution in [0.3, 0.4) is 0 Å². The molecule has 0 bridgehead atoms. The van der Waals surface area contributed by atoms with Gasteiger partial charge >= 0.3 is 0 Å². The fourth-order valence-electron chi connectivity index (χ4n) is 1.81. The fourth-order valence-corrected chi connectivity index (χ4v) is 1.81. The molecule has 1 aromatic rings. The first-order valence-corrected chi connectivity index (χ1v) is 6.69. The highest BCUT2D eigenvalue weighted by molar-refractivity contribution is 5.36. The molecule has 0 amide bonds. The van der Waals surface area contributed by atoms with Crippen molar-refractivity contribution in [1.82, 2.24) is 5.32 Å². The van der Waals surface area contributed by atoms with E-state index in [1.54, 1.807) is 14.2 Å². The highest BCUT2D eigenvalue weighted by Crippen LogP contribution is 2.19. The van der Waals surface area contributed by atoms with Gasteiger partial charge in [0.15, 0.2) is 0 Å². The van der Waals surface area contributed by atoms with Crippen LogP contribution in [0.1, 0.15) is 17.5 Å². The van der Waals surface area contributed by atoms with Crippen molar-refractivity contribution < 1.29 is 14.2 Å². The third kappa shape index (κ3) is 6.57. The van der Waals surface area contributed by atoms with Gasteiger partial charge in [0, 0.05) is 25.8 Å². The Morgan fingerprint density at radius 3 is 2.68 bits per heavy atom. The minimum atomic E-state index is 0.661. The molecule has 108 valence electrons. The van der Waals surface area contributed by atoms with Gasteiger partial charge in [-0.25, -0.2) is 0 Å². The van der Waals surface area contributed by atoms with Gasteiger partial charge in [0.05, 0.1) is 20.3 Å². The van der Waals surface area contributed by atoms with Gasteiger partial charge in [0.25, 0.3) is 0 Å². The molecular formula is C15H25NO3. The molecule has 4 heteroatoms. The SMILES string of the molecule is COCCOCCCNCc1cc(C)ccc1OC. The molecule has 0 radical (unpaired) electrons. The average Bonchev–Trinajstić information content (AvgIpc) is 2.42. The molecular weight excluding hydrogens is 242 g/mol. The summed E-state index contributed by atoms with van der Waals surface area (Å²) in [5.41, 5.74) is 2.45. The predicted molar refractivity (Wildman–Crippen MR) is 76.7 cm³/mol. The Bertz CT molecular complexity index is 355. The monoisotopic (exact) mass is 267 g/mol. The van der Waals surface area contributed by atoms with Crippen molar-refractivity contribution in [3.63, 3.8) is 0 Å². The van der Waals surface area contributed by atoms with Crippen LogP contribution in [-0.4, -0.2) is 40.6 Å². The van der Waals surface area contributed by atoms with Crippen molar-refractivity contribution in [3.8, 4) is 5.75 Å². The molecule has 1 aromatic carbocycles. The third-order valence-electron chi connectivity index (χ3n) is 2.83. The van der Waals surface area contributed by atoms with E-state index in [4.69, 9.17) is 14.2 Å². The predicted octanol–water partition coefficient (Wildman–Crippen LogP) is 2.15. The lowest BCUT2D eigenvalue weighted by Crippen LogP contribution is -2.17. The normalized spacial score (nSPS) is 10.7. The number of benzene rings is 1. The topological polar surface area (TPSA) is 39.7 Å². The number of rotatable bonds is 10. The fraction of sp³-hybridized carbons (Fsp3) is 0.600. The minimum absolute atomic E-state index is 0.661. The third-order valence-corrected chi connectivity index (χ3v) is 2.83. The summed E-state index contributed by atoms with van der Waals surface area (Å²) >= 11 is 0. The van der Waals surface area contributed by atoms with Gasteiger partial charge in [-0.3, -0.25) is 0 Å². The van der Waals surface area contributed by atoms with E-state index >= 15 is 0 Å². The van der Waals surface area contributed by atoms with Crippen molar-refractivity contribution in [2.75, 3.05) is 40.6 Å². The summed E-state index contributed by atoms with van der Waals surface area (Å²) in [6.07, 6.45) is 0.998. The zero-order valence-electron chi connectivity index (χ0n) is 12.2. The second kappa shape index (κ2) is 9.78. The second-order valence-corrected chi connectivity index (χ2v) is 4.45. The number of hydrogen-bond donors (Lipinski definition) is 1. The van der Waals surface area contributed by atoms with Crippen molar-refractivity contribution in [3.05, 3.63) is 29.3 Å². The Labute approximate surface area is 116 Å². The smallest absolute Gasteiger partial charge is 0.123 e. The first-order valence-electron chi connectivity index (χ1n) is 6.69. The number of ether oxygens (including phenoxy) is 3. The number of aryl methyl sites for hydroxylation is 1. The van der Waals surface area contributed by atoms with Crippen molar-refractivity contribution in [2.45, 2.75) is 19.9 Å². The molecule has 0 aliphatic rings. The molecule has 0 aliphatic heterocycles. The standard InChI is InChI=1S/C15H25NO3/c1-13-5-6-15(18-3)14(11-13)12-16-7-4-8-19-10-9-17-2/h5-6,11,16H,4,7-10,12H2,1-3H3. The van der Waals surface area contributed by atoms with Crippen molar-refractivity contribution in [1.29, 1.82) is 0 Å². The number of hydrogen-bond acceptors (Lipinski definition) is 4. The summed E-state index contributed by atoms with van der Waals surface area (Å²) in [7, 11) is 3.39. The van der Waals surface area contributed by atoms with Crippen LogP contribution in [0, 0.1) is 6.92 Å². The molecule has 0 saturated carbocycles. The molecule has 0 aliphatic carbocycles. The Hall–Kier alpha value is -1.10. The van der Waals surface area contributed by atoms with Crippen LogP contribution in [0.2, 0.25) is 0 Å². The minimum Gasteiger partial charge on any atom is -0.496 e. The molecule has 4 nitrogen and oxygen atoms in total. The molecule has 0 heterocycles. The molecule has 0 aromatic heterocycles. The Balaban J connectivity index is 2.17. The second-order valence-electron chi connectivity index (χ2n) is 4.45. The van der Waals surface area contributed by atoms with E-state index in [0.717, 1.165) is 31.9 Å². The van der Waals surface area contributed by atoms with Crippen LogP contribution in [0.5, 0.6) is 5.75 Å². The molecule has 1 N–H and O–H groups in total. The van der Waals surface area contributed by atoms with E-state index in [1.807, 2.05) is 6.07 Å². The Kier molecular flexibility index (Phi) is 8.21. The lowest BCUT2D eigenvalue weighted by atomic mass is 10.1. The first kappa shape index (κ1) is 16.0. The van der Waals surface area contributed by atoms with Gasteiger partial charge in [-0.15, -0.1) is 0 Å². The molecule has 19 heavy (non-hydrogen) atoms. The summed E-state index contributed by atoms with van der Waals surface area (Å²) in [4.78, 5) is 0. The van der Waals surface area contributed by atoms with Gasteiger partial charge in [-0.05, 0) is 26.0 Å². The maximum absolute atomic E-state index is 5.40. The summed E-state index contributed by atoms with van der Waals surface area (Å²) in [6.45, 7) is 5.94. The van der Waals surface area contributed by atoms with E-state index in [2.05, 4.69) is 24.4 Å². The zero-order chi connectivity index (χ0) is 13.9. The zero-order valence-corrected chi connectivity index (χ0v) is 12.2. The molecule has 0 atom stereocenters. The highest BCUT2D eigenvalue weighted by atomic mass is 16.5. The highest BCUT2D eigenvalue weighted by Gasteiger charge is 2.02. The lowest BCUT2D eigenvalue weighted by molar-refractivity contribution is 0.0694. The summed E-state index contributed by atoms with van der Waals surface area (Å²) in [5.74, 6) is 0.939. The van der Waals surface area contributed by atoms with Gasteiger partial charge in [-0.2, -0.15) is 0 Å². The average molecular weight is 267 g/mol. The van der Waals surface area contributed by atoms with Crippen LogP contribution in [0.15, 0.2) is 18.2 Å². The van der Waals surface area contributed by atoms with Gasteiger partial charge in [0.1, 0.15) is 5.75 Å². The van der Waals surface area contributed by atoms with Crippen LogP contribution in [0.4, 0.5) is 0 Å². The quantitative estimate of drug-likeness (QED) is 0.659. The van der Waals surface area contributed by atoms with E-state index in [0.29, 0.717) is 13.2 Å². The number of nitrogens with one attached hydrogen (secondary N) is 1. The number of methoxy groups -OCH3 is 2. The summed E-state index contributed by atoms with van der Waals surface area (Å²) in [5, 5.41) is 3.40. The van der Waals surface area contributed by atoms with E-state index in [1.165, 1.54) is 11.1 Å². The Morgan fingerprint density at radius 1 is 1.11 bits per heavy atom. The molecule has 1 rings (SSSR count). The lowest BCUT2D eigenvalue weighted by Gasteiger charge is -2.10. The van der Waals surface area contributed by atoms with Crippen LogP contribution in [0.25, 0.3) is 0 Å². The van der Waals surface area contributed by atoms with Crippen LogP contribution < -0.4 is 10.1 Å². The maximum Gasteiger partial charge on any atom is 0.123 e. The first-order chi connectivity index (χ1) is 9.27. The maximum atomic E-state index is 5.40.